The normalized spacial score (nSPS) is 17.4. The van der Waals surface area contributed by atoms with Crippen LogP contribution in [-0.4, -0.2) is 33.0 Å². The lowest BCUT2D eigenvalue weighted by Crippen LogP contribution is -2.52. The summed E-state index contributed by atoms with van der Waals surface area (Å²) in [7, 11) is -3.89. The minimum absolute atomic E-state index is 0.0372. The van der Waals surface area contributed by atoms with Gasteiger partial charge in [0.1, 0.15) is 5.75 Å². The van der Waals surface area contributed by atoms with Gasteiger partial charge in [0.05, 0.1) is 17.1 Å². The minimum atomic E-state index is -3.89. The Morgan fingerprint density at radius 2 is 1.96 bits per heavy atom. The molecule has 3 rings (SSSR count). The Kier molecular flexibility index (Phi) is 5.86. The van der Waals surface area contributed by atoms with Gasteiger partial charge in [0.15, 0.2) is 6.10 Å². The maximum atomic E-state index is 13.3. The smallest absolute Gasteiger partial charge is 0.264 e. The molecule has 8 heteroatoms. The molecule has 28 heavy (non-hydrogen) atoms. The van der Waals surface area contributed by atoms with Gasteiger partial charge in [-0.1, -0.05) is 36.2 Å². The predicted octanol–water partition coefficient (Wildman–Crippen LogP) is 3.52. The molecular weight excluding hydrogens is 400 g/mol. The molecule has 0 bridgehead atoms. The average molecular weight is 423 g/mol. The number of anilines is 1. The summed E-state index contributed by atoms with van der Waals surface area (Å²) in [6, 6.07) is 11.3. The highest BCUT2D eigenvalue weighted by Crippen LogP contribution is 2.38. The number of sulfonamides is 1. The van der Waals surface area contributed by atoms with Crippen LogP contribution in [0.1, 0.15) is 25.8 Å². The lowest BCUT2D eigenvalue weighted by Gasteiger charge is -2.35. The number of carbonyl (C=O) groups is 1. The number of hydrogen-bond acceptors (Lipinski definition) is 4. The number of amides is 1. The molecule has 2 aromatic rings. The Balaban J connectivity index is 2.02. The van der Waals surface area contributed by atoms with Crippen molar-refractivity contribution < 1.29 is 17.9 Å². The van der Waals surface area contributed by atoms with Crippen molar-refractivity contribution in [1.29, 1.82) is 0 Å². The molecule has 2 atom stereocenters. The van der Waals surface area contributed by atoms with Crippen molar-refractivity contribution in [3.63, 3.8) is 0 Å². The van der Waals surface area contributed by atoms with E-state index < -0.39 is 16.1 Å². The molecule has 0 radical (unpaired) electrons. The number of fused-ring (bicyclic) bond motifs is 1. The second-order valence-electron chi connectivity index (χ2n) is 6.89. The molecule has 1 aliphatic rings. The standard InChI is InChI=1S/C20H23ClN2O4S/c1-4-14(3)22-20(24)19-12-23(17-11-15(21)7-10-18(17)27-19)28(25,26)16-8-5-13(2)6-9-16/h5-11,14,19H,4,12H2,1-3H3,(H,22,24)/t14-,19+/m0/s1. The number of rotatable bonds is 5. The molecule has 0 aromatic heterocycles. The Hall–Kier alpha value is -2.25. The van der Waals surface area contributed by atoms with Gasteiger partial charge in [-0.15, -0.1) is 0 Å². The van der Waals surface area contributed by atoms with E-state index in [9.17, 15) is 13.2 Å². The van der Waals surface area contributed by atoms with Crippen LogP contribution in [0.2, 0.25) is 5.02 Å². The molecular formula is C20H23ClN2O4S. The summed E-state index contributed by atoms with van der Waals surface area (Å²) < 4.78 is 33.6. The van der Waals surface area contributed by atoms with E-state index in [2.05, 4.69) is 5.32 Å². The Morgan fingerprint density at radius 3 is 2.61 bits per heavy atom. The number of halogens is 1. The highest BCUT2D eigenvalue weighted by molar-refractivity contribution is 7.92. The van der Waals surface area contributed by atoms with Gasteiger partial charge in [0.25, 0.3) is 15.9 Å². The van der Waals surface area contributed by atoms with Crippen LogP contribution in [0.4, 0.5) is 5.69 Å². The first kappa shape index (κ1) is 20.5. The molecule has 0 fully saturated rings. The summed E-state index contributed by atoms with van der Waals surface area (Å²) in [5.74, 6) is -0.0466. The SMILES string of the molecule is CC[C@H](C)NC(=O)[C@H]1CN(S(=O)(=O)c2ccc(C)cc2)c2cc(Cl)ccc2O1. The molecule has 0 saturated carbocycles. The summed E-state index contributed by atoms with van der Waals surface area (Å²) in [5, 5.41) is 3.23. The Bertz CT molecular complexity index is 976. The number of carbonyl (C=O) groups excluding carboxylic acids is 1. The van der Waals surface area contributed by atoms with Crippen LogP contribution in [0.15, 0.2) is 47.4 Å². The third-order valence-electron chi connectivity index (χ3n) is 4.69. The molecule has 150 valence electrons. The summed E-state index contributed by atoms with van der Waals surface area (Å²) in [5.41, 5.74) is 1.27. The fourth-order valence-corrected chi connectivity index (χ4v) is 4.50. The number of nitrogens with zero attached hydrogens (tertiary/aromatic N) is 1. The van der Waals surface area contributed by atoms with Gasteiger partial charge < -0.3 is 10.1 Å². The number of nitrogens with one attached hydrogen (secondary N) is 1. The third kappa shape index (κ3) is 4.10. The van der Waals surface area contributed by atoms with Crippen LogP contribution < -0.4 is 14.4 Å². The highest BCUT2D eigenvalue weighted by Gasteiger charge is 2.37. The first-order chi connectivity index (χ1) is 13.2. The molecule has 6 nitrogen and oxygen atoms in total. The molecule has 1 heterocycles. The minimum Gasteiger partial charge on any atom is -0.476 e. The van der Waals surface area contributed by atoms with Crippen molar-refractivity contribution in [2.24, 2.45) is 0 Å². The molecule has 1 amide bonds. The van der Waals surface area contributed by atoms with Gasteiger partial charge in [-0.25, -0.2) is 8.42 Å². The summed E-state index contributed by atoms with van der Waals surface area (Å²) >= 11 is 6.09. The number of hydrogen-bond donors (Lipinski definition) is 1. The van der Waals surface area contributed by atoms with Crippen molar-refractivity contribution >= 4 is 33.2 Å². The van der Waals surface area contributed by atoms with E-state index in [1.54, 1.807) is 36.4 Å². The number of benzene rings is 2. The van der Waals surface area contributed by atoms with Crippen LogP contribution in [0.5, 0.6) is 5.75 Å². The van der Waals surface area contributed by atoms with Crippen LogP contribution in [0.25, 0.3) is 0 Å². The van der Waals surface area contributed by atoms with Crippen LogP contribution >= 0.6 is 11.6 Å². The quantitative estimate of drug-likeness (QED) is 0.799. The van der Waals surface area contributed by atoms with E-state index in [0.717, 1.165) is 12.0 Å². The van der Waals surface area contributed by atoms with E-state index in [4.69, 9.17) is 16.3 Å². The van der Waals surface area contributed by atoms with Crippen LogP contribution in [-0.2, 0) is 14.8 Å². The molecule has 0 saturated heterocycles. The van der Waals surface area contributed by atoms with Crippen molar-refractivity contribution in [3.8, 4) is 5.75 Å². The van der Waals surface area contributed by atoms with Crippen molar-refractivity contribution in [2.45, 2.75) is 44.2 Å². The molecule has 0 spiro atoms. The lowest BCUT2D eigenvalue weighted by atomic mass is 10.2. The van der Waals surface area contributed by atoms with E-state index in [-0.39, 0.29) is 23.4 Å². The molecule has 0 aliphatic carbocycles. The maximum Gasteiger partial charge on any atom is 0.264 e. The van der Waals surface area contributed by atoms with Gasteiger partial charge in [-0.2, -0.15) is 0 Å². The van der Waals surface area contributed by atoms with E-state index in [1.807, 2.05) is 20.8 Å². The van der Waals surface area contributed by atoms with Gasteiger partial charge in [-0.05, 0) is 50.6 Å². The fourth-order valence-electron chi connectivity index (χ4n) is 2.86. The van der Waals surface area contributed by atoms with Gasteiger partial charge in [-0.3, -0.25) is 9.10 Å². The Labute approximate surface area is 170 Å². The lowest BCUT2D eigenvalue weighted by molar-refractivity contribution is -0.128. The average Bonchev–Trinajstić information content (AvgIpc) is 2.67. The summed E-state index contributed by atoms with van der Waals surface area (Å²) in [6.07, 6.45) is -0.196. The van der Waals surface area contributed by atoms with Crippen LogP contribution in [0, 0.1) is 6.92 Å². The van der Waals surface area contributed by atoms with E-state index in [0.29, 0.717) is 16.5 Å². The fraction of sp³-hybridized carbons (Fsp3) is 0.350. The molecule has 1 aliphatic heterocycles. The summed E-state index contributed by atoms with van der Waals surface area (Å²) in [4.78, 5) is 12.8. The van der Waals surface area contributed by atoms with Gasteiger partial charge in [0.2, 0.25) is 0 Å². The zero-order valence-electron chi connectivity index (χ0n) is 16.0. The van der Waals surface area contributed by atoms with E-state index in [1.165, 1.54) is 10.4 Å². The van der Waals surface area contributed by atoms with Gasteiger partial charge in [0, 0.05) is 11.1 Å². The van der Waals surface area contributed by atoms with Crippen molar-refractivity contribution in [2.75, 3.05) is 10.8 Å². The van der Waals surface area contributed by atoms with E-state index >= 15 is 0 Å². The Morgan fingerprint density at radius 1 is 1.29 bits per heavy atom. The highest BCUT2D eigenvalue weighted by atomic mass is 35.5. The van der Waals surface area contributed by atoms with Crippen molar-refractivity contribution in [1.82, 2.24) is 5.32 Å². The van der Waals surface area contributed by atoms with Gasteiger partial charge >= 0.3 is 0 Å². The zero-order valence-corrected chi connectivity index (χ0v) is 17.5. The topological polar surface area (TPSA) is 75.7 Å². The summed E-state index contributed by atoms with van der Waals surface area (Å²) in [6.45, 7) is 5.59. The zero-order chi connectivity index (χ0) is 20.5. The monoisotopic (exact) mass is 422 g/mol. The van der Waals surface area contributed by atoms with Crippen molar-refractivity contribution in [3.05, 3.63) is 53.1 Å². The maximum absolute atomic E-state index is 13.3. The second-order valence-corrected chi connectivity index (χ2v) is 9.18. The first-order valence-corrected chi connectivity index (χ1v) is 10.9. The third-order valence-corrected chi connectivity index (χ3v) is 6.72. The second kappa shape index (κ2) is 8.01. The molecule has 0 unspecified atom stereocenters. The molecule has 2 aromatic carbocycles. The largest absolute Gasteiger partial charge is 0.476 e. The van der Waals surface area contributed by atoms with Crippen LogP contribution in [0.3, 0.4) is 0 Å². The number of ether oxygens (including phenoxy) is 1. The molecule has 1 N–H and O–H groups in total. The predicted molar refractivity (Wildman–Crippen MR) is 109 cm³/mol. The first-order valence-electron chi connectivity index (χ1n) is 9.08. The number of aryl methyl sites for hydroxylation is 1.